The van der Waals surface area contributed by atoms with Crippen molar-refractivity contribution in [2.75, 3.05) is 6.54 Å². The van der Waals surface area contributed by atoms with Crippen molar-refractivity contribution in [1.82, 2.24) is 15.5 Å². The highest BCUT2D eigenvalue weighted by Crippen LogP contribution is 2.42. The molecule has 1 atom stereocenters. The number of amides is 4. The Bertz CT molecular complexity index is 935. The molecule has 1 saturated carbocycles. The quantitative estimate of drug-likeness (QED) is 0.728. The van der Waals surface area contributed by atoms with Gasteiger partial charge in [0.25, 0.3) is 5.91 Å². The third-order valence-electron chi connectivity index (χ3n) is 5.25. The predicted octanol–water partition coefficient (Wildman–Crippen LogP) is 2.94. The first-order valence-electron chi connectivity index (χ1n) is 9.12. The van der Waals surface area contributed by atoms with Gasteiger partial charge in [0.1, 0.15) is 23.6 Å². The largest absolute Gasteiger partial charge is 0.459 e. The van der Waals surface area contributed by atoms with Gasteiger partial charge in [-0.1, -0.05) is 11.6 Å². The Hall–Kier alpha value is -2.80. The molecule has 1 aliphatic carbocycles. The third kappa shape index (κ3) is 3.49. The zero-order valence-electron chi connectivity index (χ0n) is 15.3. The highest BCUT2D eigenvalue weighted by atomic mass is 35.5. The number of furan rings is 1. The topological polar surface area (TPSA) is 91.7 Å². The Labute approximate surface area is 167 Å². The summed E-state index contributed by atoms with van der Waals surface area (Å²) in [5.74, 6) is 0.631. The van der Waals surface area contributed by atoms with E-state index >= 15 is 0 Å². The van der Waals surface area contributed by atoms with Gasteiger partial charge in [0.05, 0.1) is 6.54 Å². The van der Waals surface area contributed by atoms with E-state index < -0.39 is 17.5 Å². The molecular formula is C20H20ClN3O4. The van der Waals surface area contributed by atoms with Crippen molar-refractivity contribution < 1.29 is 18.8 Å². The van der Waals surface area contributed by atoms with Gasteiger partial charge >= 0.3 is 6.03 Å². The summed E-state index contributed by atoms with van der Waals surface area (Å²) in [4.78, 5) is 37.9. The minimum atomic E-state index is -0.883. The zero-order valence-corrected chi connectivity index (χ0v) is 16.1. The van der Waals surface area contributed by atoms with Gasteiger partial charge in [-0.05, 0) is 62.1 Å². The summed E-state index contributed by atoms with van der Waals surface area (Å²) < 4.78 is 5.73. The molecule has 1 aromatic heterocycles. The molecule has 0 unspecified atom stereocenters. The van der Waals surface area contributed by atoms with E-state index in [-0.39, 0.29) is 24.9 Å². The number of benzene rings is 1. The summed E-state index contributed by atoms with van der Waals surface area (Å²) >= 11 is 5.88. The first-order chi connectivity index (χ1) is 13.4. The van der Waals surface area contributed by atoms with Crippen molar-refractivity contribution in [2.24, 2.45) is 5.92 Å². The van der Waals surface area contributed by atoms with Gasteiger partial charge in [0.2, 0.25) is 5.91 Å². The molecule has 2 N–H and O–H groups in total. The van der Waals surface area contributed by atoms with Crippen LogP contribution in [0.3, 0.4) is 0 Å². The van der Waals surface area contributed by atoms with Crippen molar-refractivity contribution >= 4 is 29.4 Å². The number of hydrogen-bond donors (Lipinski definition) is 2. The Balaban J connectivity index is 1.33. The molecule has 4 amide bonds. The molecule has 2 fully saturated rings. The van der Waals surface area contributed by atoms with Gasteiger partial charge in [-0.2, -0.15) is 0 Å². The number of nitrogens with zero attached hydrogens (tertiary/aromatic N) is 1. The predicted molar refractivity (Wildman–Crippen MR) is 102 cm³/mol. The van der Waals surface area contributed by atoms with Crippen LogP contribution in [0, 0.1) is 5.92 Å². The van der Waals surface area contributed by atoms with Gasteiger partial charge in [0, 0.05) is 10.6 Å². The lowest BCUT2D eigenvalue weighted by atomic mass is 9.96. The number of hydrogen-bond acceptors (Lipinski definition) is 4. The van der Waals surface area contributed by atoms with Gasteiger partial charge in [0.15, 0.2) is 0 Å². The van der Waals surface area contributed by atoms with Crippen LogP contribution in [-0.4, -0.2) is 34.8 Å². The highest BCUT2D eigenvalue weighted by molar-refractivity contribution is 6.30. The molecule has 2 heterocycles. The highest BCUT2D eigenvalue weighted by Gasteiger charge is 2.56. The zero-order chi connectivity index (χ0) is 19.9. The van der Waals surface area contributed by atoms with E-state index in [1.165, 1.54) is 0 Å². The fraction of sp³-hybridized carbons (Fsp3) is 0.350. The van der Waals surface area contributed by atoms with E-state index in [0.717, 1.165) is 23.3 Å². The van der Waals surface area contributed by atoms with E-state index in [4.69, 9.17) is 16.0 Å². The van der Waals surface area contributed by atoms with Gasteiger partial charge in [-0.3, -0.25) is 14.5 Å². The lowest BCUT2D eigenvalue weighted by Gasteiger charge is -2.20. The monoisotopic (exact) mass is 401 g/mol. The molecule has 0 radical (unpaired) electrons. The van der Waals surface area contributed by atoms with Crippen LogP contribution in [0.2, 0.25) is 5.02 Å². The summed E-state index contributed by atoms with van der Waals surface area (Å²) in [6.07, 6.45) is 1.83. The smallest absolute Gasteiger partial charge is 0.325 e. The number of rotatable bonds is 6. The first-order valence-corrected chi connectivity index (χ1v) is 9.50. The van der Waals surface area contributed by atoms with Crippen LogP contribution in [0.25, 0.3) is 11.3 Å². The van der Waals surface area contributed by atoms with Crippen molar-refractivity contribution in [2.45, 2.75) is 31.8 Å². The summed E-state index contributed by atoms with van der Waals surface area (Å²) in [5.41, 5.74) is -0.00746. The Morgan fingerprint density at radius 1 is 1.25 bits per heavy atom. The standard InChI is InChI=1S/C20H20ClN3O4/c1-20(13-4-5-13)18(26)24(19(27)23-20)11-17(25)22-10-15-8-9-16(28-15)12-2-6-14(21)7-3-12/h2-3,6-9,13H,4-5,10-11H2,1H3,(H,22,25)(H,23,27)/t20-/m0/s1. The third-order valence-corrected chi connectivity index (χ3v) is 5.50. The van der Waals surface area contributed by atoms with Crippen molar-refractivity contribution in [1.29, 1.82) is 0 Å². The van der Waals surface area contributed by atoms with Crippen LogP contribution >= 0.6 is 11.6 Å². The lowest BCUT2D eigenvalue weighted by Crippen LogP contribution is -2.46. The summed E-state index contributed by atoms with van der Waals surface area (Å²) in [6.45, 7) is 1.58. The second kappa shape index (κ2) is 6.98. The van der Waals surface area contributed by atoms with Gasteiger partial charge in [-0.15, -0.1) is 0 Å². The van der Waals surface area contributed by atoms with Crippen molar-refractivity contribution in [3.8, 4) is 11.3 Å². The maximum atomic E-state index is 12.5. The van der Waals surface area contributed by atoms with E-state index in [1.54, 1.807) is 25.1 Å². The maximum absolute atomic E-state index is 12.5. The van der Waals surface area contributed by atoms with E-state index in [0.29, 0.717) is 16.5 Å². The fourth-order valence-corrected chi connectivity index (χ4v) is 3.55. The molecule has 28 heavy (non-hydrogen) atoms. The number of urea groups is 1. The average Bonchev–Trinajstić information content (AvgIpc) is 3.39. The number of imide groups is 1. The number of carbonyl (C=O) groups is 3. The normalized spacial score (nSPS) is 21.7. The molecule has 8 heteroatoms. The Morgan fingerprint density at radius 2 is 1.96 bits per heavy atom. The maximum Gasteiger partial charge on any atom is 0.325 e. The molecule has 4 rings (SSSR count). The number of carbonyl (C=O) groups excluding carboxylic acids is 3. The molecule has 1 aliphatic heterocycles. The minimum Gasteiger partial charge on any atom is -0.459 e. The van der Waals surface area contributed by atoms with Gasteiger partial charge < -0.3 is 15.1 Å². The molecule has 1 aromatic carbocycles. The molecule has 2 aromatic rings. The van der Waals surface area contributed by atoms with E-state index in [1.807, 2.05) is 18.2 Å². The minimum absolute atomic E-state index is 0.159. The molecule has 1 saturated heterocycles. The number of nitrogens with one attached hydrogen (secondary N) is 2. The summed E-state index contributed by atoms with van der Waals surface area (Å²) in [6, 6.07) is 10.3. The summed E-state index contributed by atoms with van der Waals surface area (Å²) in [5, 5.41) is 6.05. The molecule has 0 bridgehead atoms. The van der Waals surface area contributed by atoms with Crippen LogP contribution < -0.4 is 10.6 Å². The van der Waals surface area contributed by atoms with Crippen molar-refractivity contribution in [3.63, 3.8) is 0 Å². The van der Waals surface area contributed by atoms with Crippen LogP contribution in [0.4, 0.5) is 4.79 Å². The van der Waals surface area contributed by atoms with E-state index in [9.17, 15) is 14.4 Å². The molecule has 0 spiro atoms. The average molecular weight is 402 g/mol. The first kappa shape index (κ1) is 18.6. The second-order valence-corrected chi connectivity index (χ2v) is 7.78. The summed E-state index contributed by atoms with van der Waals surface area (Å²) in [7, 11) is 0. The second-order valence-electron chi connectivity index (χ2n) is 7.35. The van der Waals surface area contributed by atoms with Crippen LogP contribution in [-0.2, 0) is 16.1 Å². The lowest BCUT2D eigenvalue weighted by molar-refractivity contribution is -0.135. The fourth-order valence-electron chi connectivity index (χ4n) is 3.42. The SMILES string of the molecule is C[C@@]1(C2CC2)NC(=O)N(CC(=O)NCc2ccc(-c3ccc(Cl)cc3)o2)C1=O. The Morgan fingerprint density at radius 3 is 2.64 bits per heavy atom. The molecule has 146 valence electrons. The molecular weight excluding hydrogens is 382 g/mol. The number of halogens is 1. The molecule has 7 nitrogen and oxygen atoms in total. The van der Waals surface area contributed by atoms with Crippen molar-refractivity contribution in [3.05, 3.63) is 47.2 Å². The van der Waals surface area contributed by atoms with E-state index in [2.05, 4.69) is 10.6 Å². The van der Waals surface area contributed by atoms with Crippen LogP contribution in [0.15, 0.2) is 40.8 Å². The van der Waals surface area contributed by atoms with Crippen LogP contribution in [0.1, 0.15) is 25.5 Å². The Kier molecular flexibility index (Phi) is 4.63. The van der Waals surface area contributed by atoms with Crippen LogP contribution in [0.5, 0.6) is 0 Å². The molecule has 2 aliphatic rings. The van der Waals surface area contributed by atoms with Gasteiger partial charge in [-0.25, -0.2) is 4.79 Å².